The first-order chi connectivity index (χ1) is 13.0. The third-order valence-electron chi connectivity index (χ3n) is 4.63. The zero-order valence-electron chi connectivity index (χ0n) is 16.3. The second-order valence-corrected chi connectivity index (χ2v) is 6.80. The number of amides is 1. The van der Waals surface area contributed by atoms with E-state index in [9.17, 15) is 9.59 Å². The van der Waals surface area contributed by atoms with Crippen LogP contribution in [0.1, 0.15) is 45.1 Å². The molecule has 0 unspecified atom stereocenters. The predicted octanol–water partition coefficient (Wildman–Crippen LogP) is 3.35. The number of hydrogen-bond donors (Lipinski definition) is 1. The lowest BCUT2D eigenvalue weighted by atomic mass is 9.87. The largest absolute Gasteiger partial charge is 0.493 e. The Balaban J connectivity index is 1.94. The summed E-state index contributed by atoms with van der Waals surface area (Å²) in [5.74, 6) is 1.15. The van der Waals surface area contributed by atoms with Crippen molar-refractivity contribution in [1.82, 2.24) is 5.32 Å². The summed E-state index contributed by atoms with van der Waals surface area (Å²) in [4.78, 5) is 23.6. The molecule has 0 radical (unpaired) electrons. The van der Waals surface area contributed by atoms with Crippen molar-refractivity contribution in [2.45, 2.75) is 45.6 Å². The molecule has 1 N–H and O–H groups in total. The lowest BCUT2D eigenvalue weighted by Gasteiger charge is -2.26. The Kier molecular flexibility index (Phi) is 8.17. The van der Waals surface area contributed by atoms with Crippen LogP contribution in [-0.4, -0.2) is 38.2 Å². The molecule has 1 aliphatic carbocycles. The van der Waals surface area contributed by atoms with Crippen LogP contribution in [0.4, 0.5) is 0 Å². The number of benzene rings is 1. The molecule has 2 rings (SSSR count). The molecule has 0 aliphatic heterocycles. The van der Waals surface area contributed by atoms with Gasteiger partial charge in [0.1, 0.15) is 0 Å². The topological polar surface area (TPSA) is 73.9 Å². The number of hydrogen-bond acceptors (Lipinski definition) is 5. The molecule has 0 heterocycles. The lowest BCUT2D eigenvalue weighted by Crippen LogP contribution is -2.36. The SMILES string of the molecule is CCOC(=O)COc1cc(C=CC(=O)N[C@H]2CC[C@H](C)CC2)ccc1OC. The van der Waals surface area contributed by atoms with Gasteiger partial charge in [0.05, 0.1) is 13.7 Å². The van der Waals surface area contributed by atoms with Gasteiger partial charge in [0, 0.05) is 12.1 Å². The summed E-state index contributed by atoms with van der Waals surface area (Å²) in [5.41, 5.74) is 0.780. The minimum Gasteiger partial charge on any atom is -0.493 e. The maximum absolute atomic E-state index is 12.1. The van der Waals surface area contributed by atoms with Crippen molar-refractivity contribution in [1.29, 1.82) is 0 Å². The first-order valence-corrected chi connectivity index (χ1v) is 9.46. The summed E-state index contributed by atoms with van der Waals surface area (Å²) in [6.45, 7) is 4.10. The van der Waals surface area contributed by atoms with Gasteiger partial charge in [0.2, 0.25) is 5.91 Å². The highest BCUT2D eigenvalue weighted by molar-refractivity contribution is 5.92. The molecule has 148 valence electrons. The van der Waals surface area contributed by atoms with Gasteiger partial charge < -0.3 is 19.5 Å². The highest BCUT2D eigenvalue weighted by atomic mass is 16.6. The monoisotopic (exact) mass is 375 g/mol. The van der Waals surface area contributed by atoms with Gasteiger partial charge in [0.25, 0.3) is 0 Å². The Labute approximate surface area is 160 Å². The molecular formula is C21H29NO5. The molecule has 0 saturated heterocycles. The first kappa shape index (κ1) is 20.8. The van der Waals surface area contributed by atoms with E-state index >= 15 is 0 Å². The molecule has 1 saturated carbocycles. The van der Waals surface area contributed by atoms with Gasteiger partial charge in [-0.25, -0.2) is 4.79 Å². The van der Waals surface area contributed by atoms with E-state index in [4.69, 9.17) is 14.2 Å². The van der Waals surface area contributed by atoms with E-state index in [2.05, 4.69) is 12.2 Å². The highest BCUT2D eigenvalue weighted by Gasteiger charge is 2.18. The van der Waals surface area contributed by atoms with Gasteiger partial charge in [-0.15, -0.1) is 0 Å². The van der Waals surface area contributed by atoms with E-state index in [0.29, 0.717) is 18.1 Å². The third kappa shape index (κ3) is 6.96. The first-order valence-electron chi connectivity index (χ1n) is 9.46. The van der Waals surface area contributed by atoms with Gasteiger partial charge in [-0.2, -0.15) is 0 Å². The maximum Gasteiger partial charge on any atom is 0.344 e. The van der Waals surface area contributed by atoms with Crippen molar-refractivity contribution in [3.05, 3.63) is 29.8 Å². The normalized spacial score (nSPS) is 19.5. The van der Waals surface area contributed by atoms with E-state index in [1.54, 1.807) is 25.1 Å². The smallest absolute Gasteiger partial charge is 0.344 e. The Morgan fingerprint density at radius 2 is 1.93 bits per heavy atom. The van der Waals surface area contributed by atoms with Crippen LogP contribution in [-0.2, 0) is 14.3 Å². The summed E-state index contributed by atoms with van der Waals surface area (Å²) in [5, 5.41) is 3.06. The van der Waals surface area contributed by atoms with Gasteiger partial charge >= 0.3 is 5.97 Å². The standard InChI is InChI=1S/C21H29NO5/c1-4-26-21(24)14-27-19-13-16(7-11-18(19)25-3)8-12-20(23)22-17-9-5-15(2)6-10-17/h7-8,11-13,15,17H,4-6,9-10,14H2,1-3H3,(H,22,23)/t15-,17-. The molecule has 1 amide bonds. The number of carbonyl (C=O) groups excluding carboxylic acids is 2. The number of rotatable bonds is 8. The number of ether oxygens (including phenoxy) is 3. The Morgan fingerprint density at radius 1 is 1.19 bits per heavy atom. The van der Waals surface area contributed by atoms with Crippen LogP contribution in [0.5, 0.6) is 11.5 Å². The van der Waals surface area contributed by atoms with E-state index < -0.39 is 5.97 Å². The minimum atomic E-state index is -0.443. The molecule has 27 heavy (non-hydrogen) atoms. The molecule has 1 aromatic carbocycles. The second kappa shape index (κ2) is 10.6. The number of methoxy groups -OCH3 is 1. The van der Waals surface area contributed by atoms with Gasteiger partial charge in [-0.3, -0.25) is 4.79 Å². The summed E-state index contributed by atoms with van der Waals surface area (Å²) in [6, 6.07) is 5.55. The Hall–Kier alpha value is -2.50. The fourth-order valence-electron chi connectivity index (χ4n) is 3.07. The minimum absolute atomic E-state index is 0.0978. The van der Waals surface area contributed by atoms with Crippen LogP contribution in [0.15, 0.2) is 24.3 Å². The molecule has 6 nitrogen and oxygen atoms in total. The average Bonchev–Trinajstić information content (AvgIpc) is 2.67. The summed E-state index contributed by atoms with van der Waals surface area (Å²) in [7, 11) is 1.53. The van der Waals surface area contributed by atoms with Crippen molar-refractivity contribution in [3.63, 3.8) is 0 Å². The van der Waals surface area contributed by atoms with Crippen LogP contribution < -0.4 is 14.8 Å². The van der Waals surface area contributed by atoms with Gasteiger partial charge in [-0.05, 0) is 62.3 Å². The van der Waals surface area contributed by atoms with Crippen molar-refractivity contribution < 1.29 is 23.8 Å². The number of nitrogens with one attached hydrogen (secondary N) is 1. The van der Waals surface area contributed by atoms with Crippen LogP contribution in [0.3, 0.4) is 0 Å². The molecule has 0 spiro atoms. The number of esters is 1. The van der Waals surface area contributed by atoms with Crippen LogP contribution in [0.2, 0.25) is 0 Å². The average molecular weight is 375 g/mol. The second-order valence-electron chi connectivity index (χ2n) is 6.80. The predicted molar refractivity (Wildman–Crippen MR) is 104 cm³/mol. The third-order valence-corrected chi connectivity index (χ3v) is 4.63. The van der Waals surface area contributed by atoms with Gasteiger partial charge in [0.15, 0.2) is 18.1 Å². The van der Waals surface area contributed by atoms with Gasteiger partial charge in [-0.1, -0.05) is 13.0 Å². The fourth-order valence-corrected chi connectivity index (χ4v) is 3.07. The molecule has 0 atom stereocenters. The van der Waals surface area contributed by atoms with Crippen molar-refractivity contribution in [3.8, 4) is 11.5 Å². The van der Waals surface area contributed by atoms with E-state index in [1.807, 2.05) is 6.07 Å². The summed E-state index contributed by atoms with van der Waals surface area (Å²) >= 11 is 0. The maximum atomic E-state index is 12.1. The Bertz CT molecular complexity index is 663. The molecule has 6 heteroatoms. The van der Waals surface area contributed by atoms with E-state index in [0.717, 1.165) is 37.2 Å². The lowest BCUT2D eigenvalue weighted by molar-refractivity contribution is -0.145. The molecule has 1 aliphatic rings. The van der Waals surface area contributed by atoms with Crippen molar-refractivity contribution >= 4 is 18.0 Å². The van der Waals surface area contributed by atoms with E-state index in [-0.39, 0.29) is 18.6 Å². The highest BCUT2D eigenvalue weighted by Crippen LogP contribution is 2.28. The van der Waals surface area contributed by atoms with Crippen LogP contribution in [0, 0.1) is 5.92 Å². The quantitative estimate of drug-likeness (QED) is 0.557. The zero-order chi connectivity index (χ0) is 19.6. The molecule has 1 fully saturated rings. The fraction of sp³-hybridized carbons (Fsp3) is 0.524. The molecule has 0 bridgehead atoms. The summed E-state index contributed by atoms with van der Waals surface area (Å²) in [6.07, 6.45) is 7.64. The van der Waals surface area contributed by atoms with E-state index in [1.165, 1.54) is 13.2 Å². The van der Waals surface area contributed by atoms with Crippen LogP contribution >= 0.6 is 0 Å². The van der Waals surface area contributed by atoms with Crippen molar-refractivity contribution in [2.24, 2.45) is 5.92 Å². The molecular weight excluding hydrogens is 346 g/mol. The summed E-state index contributed by atoms with van der Waals surface area (Å²) < 4.78 is 15.6. The Morgan fingerprint density at radius 3 is 2.59 bits per heavy atom. The van der Waals surface area contributed by atoms with Crippen molar-refractivity contribution in [2.75, 3.05) is 20.3 Å². The number of carbonyl (C=O) groups is 2. The van der Waals surface area contributed by atoms with Crippen LogP contribution in [0.25, 0.3) is 6.08 Å². The molecule has 1 aromatic rings. The molecule has 0 aromatic heterocycles. The zero-order valence-corrected chi connectivity index (χ0v) is 16.3.